The summed E-state index contributed by atoms with van der Waals surface area (Å²) in [6.45, 7) is 7.81. The molecule has 0 atom stereocenters. The first kappa shape index (κ1) is 20.8. The Bertz CT molecular complexity index is 995. The number of hydrogen-bond donors (Lipinski definition) is 1. The number of benzene rings is 2. The molecule has 4 amide bonds. The van der Waals surface area contributed by atoms with Crippen LogP contribution in [-0.4, -0.2) is 30.9 Å². The number of urea groups is 1. The summed E-state index contributed by atoms with van der Waals surface area (Å²) in [5.74, 6) is -1.34. The van der Waals surface area contributed by atoms with E-state index in [4.69, 9.17) is 0 Å². The predicted octanol–water partition coefficient (Wildman–Crippen LogP) is 4.27. The van der Waals surface area contributed by atoms with E-state index in [0.717, 1.165) is 33.7 Å². The van der Waals surface area contributed by atoms with Crippen LogP contribution >= 0.6 is 15.9 Å². The second kappa shape index (κ2) is 8.61. The van der Waals surface area contributed by atoms with Gasteiger partial charge in [0, 0.05) is 23.2 Å². The molecular weight excluding hydrogens is 434 g/mol. The van der Waals surface area contributed by atoms with Crippen LogP contribution in [0, 0.1) is 6.92 Å². The minimum atomic E-state index is -0.754. The van der Waals surface area contributed by atoms with Crippen LogP contribution in [0.5, 0.6) is 0 Å². The average Bonchev–Trinajstić information content (AvgIpc) is 2.70. The molecule has 0 aliphatic carbocycles. The molecule has 6 nitrogen and oxygen atoms in total. The van der Waals surface area contributed by atoms with Crippen LogP contribution in [0.1, 0.15) is 25.0 Å². The van der Waals surface area contributed by atoms with Gasteiger partial charge in [-0.15, -0.1) is 0 Å². The Labute approximate surface area is 178 Å². The number of imide groups is 2. The molecule has 1 heterocycles. The molecule has 7 heteroatoms. The fraction of sp³-hybridized carbons (Fsp3) is 0.227. The van der Waals surface area contributed by atoms with E-state index in [2.05, 4.69) is 40.0 Å². The molecule has 0 saturated carbocycles. The fourth-order valence-electron chi connectivity index (χ4n) is 3.20. The molecule has 29 heavy (non-hydrogen) atoms. The third-order valence-corrected chi connectivity index (χ3v) is 5.72. The normalized spacial score (nSPS) is 15.7. The van der Waals surface area contributed by atoms with Crippen LogP contribution in [-0.2, 0) is 9.59 Å². The van der Waals surface area contributed by atoms with Gasteiger partial charge >= 0.3 is 6.03 Å². The zero-order chi connectivity index (χ0) is 21.1. The van der Waals surface area contributed by atoms with Crippen molar-refractivity contribution in [2.24, 2.45) is 0 Å². The molecular formula is C22H22BrN3O3. The summed E-state index contributed by atoms with van der Waals surface area (Å²) >= 11 is 3.40. The van der Waals surface area contributed by atoms with Crippen molar-refractivity contribution in [2.75, 3.05) is 22.9 Å². The van der Waals surface area contributed by atoms with Crippen molar-refractivity contribution >= 4 is 51.2 Å². The SMILES string of the molecule is CCN(CC)c1ccc(/C=C2/C(=O)NC(=O)N(c3ccc(Br)c(C)c3)C2=O)cc1. The maximum Gasteiger partial charge on any atom is 0.335 e. The first-order valence-electron chi connectivity index (χ1n) is 9.38. The van der Waals surface area contributed by atoms with Crippen LogP contribution in [0.15, 0.2) is 52.5 Å². The lowest BCUT2D eigenvalue weighted by Gasteiger charge is -2.26. The van der Waals surface area contributed by atoms with E-state index in [0.29, 0.717) is 11.3 Å². The van der Waals surface area contributed by atoms with Crippen molar-refractivity contribution in [1.29, 1.82) is 0 Å². The van der Waals surface area contributed by atoms with Gasteiger partial charge in [-0.05, 0) is 68.3 Å². The highest BCUT2D eigenvalue weighted by molar-refractivity contribution is 9.10. The van der Waals surface area contributed by atoms with Gasteiger partial charge in [-0.3, -0.25) is 14.9 Å². The quantitative estimate of drug-likeness (QED) is 0.539. The van der Waals surface area contributed by atoms with Gasteiger partial charge in [-0.25, -0.2) is 9.69 Å². The lowest BCUT2D eigenvalue weighted by atomic mass is 10.1. The van der Waals surface area contributed by atoms with Crippen LogP contribution in [0.3, 0.4) is 0 Å². The molecule has 3 rings (SSSR count). The standard InChI is InChI=1S/C22H22BrN3O3/c1-4-25(5-2)16-8-6-15(7-9-16)13-18-20(27)24-22(29)26(21(18)28)17-10-11-19(23)14(3)12-17/h6-13H,4-5H2,1-3H3,(H,24,27,29)/b18-13-. The number of barbiturate groups is 1. The lowest BCUT2D eigenvalue weighted by molar-refractivity contribution is -0.122. The van der Waals surface area contributed by atoms with E-state index < -0.39 is 17.8 Å². The summed E-state index contributed by atoms with van der Waals surface area (Å²) in [5, 5.41) is 2.25. The van der Waals surface area contributed by atoms with Crippen molar-refractivity contribution in [1.82, 2.24) is 5.32 Å². The van der Waals surface area contributed by atoms with Crippen LogP contribution in [0.2, 0.25) is 0 Å². The lowest BCUT2D eigenvalue weighted by Crippen LogP contribution is -2.54. The van der Waals surface area contributed by atoms with E-state index in [1.165, 1.54) is 6.08 Å². The number of aryl methyl sites for hydroxylation is 1. The third-order valence-electron chi connectivity index (χ3n) is 4.83. The van der Waals surface area contributed by atoms with Gasteiger partial charge < -0.3 is 4.90 Å². The number of anilines is 2. The first-order chi connectivity index (χ1) is 13.8. The van der Waals surface area contributed by atoms with E-state index in [-0.39, 0.29) is 5.57 Å². The van der Waals surface area contributed by atoms with E-state index in [9.17, 15) is 14.4 Å². The molecule has 1 aliphatic rings. The zero-order valence-electron chi connectivity index (χ0n) is 16.5. The van der Waals surface area contributed by atoms with Crippen molar-refractivity contribution in [2.45, 2.75) is 20.8 Å². The van der Waals surface area contributed by atoms with Crippen LogP contribution in [0.4, 0.5) is 16.2 Å². The molecule has 0 bridgehead atoms. The third kappa shape index (κ3) is 4.24. The molecule has 0 aromatic heterocycles. The number of hydrogen-bond acceptors (Lipinski definition) is 4. The number of amides is 4. The Balaban J connectivity index is 1.93. The van der Waals surface area contributed by atoms with Gasteiger partial charge in [0.15, 0.2) is 0 Å². The molecule has 2 aromatic rings. The second-order valence-electron chi connectivity index (χ2n) is 6.66. The summed E-state index contributed by atoms with van der Waals surface area (Å²) < 4.78 is 0.867. The van der Waals surface area contributed by atoms with Gasteiger partial charge in [0.05, 0.1) is 5.69 Å². The van der Waals surface area contributed by atoms with E-state index in [1.54, 1.807) is 18.2 Å². The average molecular weight is 456 g/mol. The molecule has 0 unspecified atom stereocenters. The number of nitrogens with one attached hydrogen (secondary N) is 1. The van der Waals surface area contributed by atoms with Crippen molar-refractivity contribution < 1.29 is 14.4 Å². The Morgan fingerprint density at radius 2 is 1.69 bits per heavy atom. The van der Waals surface area contributed by atoms with Crippen molar-refractivity contribution in [3.05, 3.63) is 63.6 Å². The smallest absolute Gasteiger partial charge is 0.335 e. The maximum atomic E-state index is 13.0. The van der Waals surface area contributed by atoms with E-state index in [1.807, 2.05) is 31.2 Å². The second-order valence-corrected chi connectivity index (χ2v) is 7.51. The largest absolute Gasteiger partial charge is 0.372 e. The number of halogens is 1. The Morgan fingerprint density at radius 1 is 1.03 bits per heavy atom. The Kier molecular flexibility index (Phi) is 6.17. The van der Waals surface area contributed by atoms with Crippen LogP contribution in [0.25, 0.3) is 6.08 Å². The van der Waals surface area contributed by atoms with Crippen molar-refractivity contribution in [3.8, 4) is 0 Å². The summed E-state index contributed by atoms with van der Waals surface area (Å²) in [4.78, 5) is 40.8. The van der Waals surface area contributed by atoms with Gasteiger partial charge in [-0.2, -0.15) is 0 Å². The summed E-state index contributed by atoms with van der Waals surface area (Å²) in [6, 6.07) is 12.0. The van der Waals surface area contributed by atoms with Gasteiger partial charge in [0.25, 0.3) is 11.8 Å². The highest BCUT2D eigenvalue weighted by atomic mass is 79.9. The van der Waals surface area contributed by atoms with Gasteiger partial charge in [-0.1, -0.05) is 28.1 Å². The molecule has 2 aromatic carbocycles. The number of carbonyl (C=O) groups excluding carboxylic acids is 3. The summed E-state index contributed by atoms with van der Waals surface area (Å²) in [5.41, 5.74) is 2.97. The molecule has 0 radical (unpaired) electrons. The summed E-state index contributed by atoms with van der Waals surface area (Å²) in [7, 11) is 0. The topological polar surface area (TPSA) is 69.7 Å². The zero-order valence-corrected chi connectivity index (χ0v) is 18.1. The number of rotatable bonds is 5. The summed E-state index contributed by atoms with van der Waals surface area (Å²) in [6.07, 6.45) is 1.51. The molecule has 0 spiro atoms. The van der Waals surface area contributed by atoms with Crippen molar-refractivity contribution in [3.63, 3.8) is 0 Å². The highest BCUT2D eigenvalue weighted by Gasteiger charge is 2.36. The molecule has 1 N–H and O–H groups in total. The number of nitrogens with zero attached hydrogens (tertiary/aromatic N) is 2. The molecule has 1 fully saturated rings. The predicted molar refractivity (Wildman–Crippen MR) is 118 cm³/mol. The fourth-order valence-corrected chi connectivity index (χ4v) is 3.44. The first-order valence-corrected chi connectivity index (χ1v) is 10.2. The molecule has 150 valence electrons. The minimum Gasteiger partial charge on any atom is -0.372 e. The highest BCUT2D eigenvalue weighted by Crippen LogP contribution is 2.26. The minimum absolute atomic E-state index is 0.0826. The Hall–Kier alpha value is -2.93. The number of carbonyl (C=O) groups is 3. The van der Waals surface area contributed by atoms with Gasteiger partial charge in [0.1, 0.15) is 5.57 Å². The van der Waals surface area contributed by atoms with Gasteiger partial charge in [0.2, 0.25) is 0 Å². The van der Waals surface area contributed by atoms with E-state index >= 15 is 0 Å². The van der Waals surface area contributed by atoms with Crippen LogP contribution < -0.4 is 15.1 Å². The Morgan fingerprint density at radius 3 is 2.28 bits per heavy atom. The molecule has 1 saturated heterocycles. The monoisotopic (exact) mass is 455 g/mol. The maximum absolute atomic E-state index is 13.0. The molecule has 1 aliphatic heterocycles.